The summed E-state index contributed by atoms with van der Waals surface area (Å²) >= 11 is 0. The van der Waals surface area contributed by atoms with Crippen LogP contribution in [0.15, 0.2) is 30.3 Å². The maximum atomic E-state index is 13.7. The van der Waals surface area contributed by atoms with Crippen LogP contribution in [-0.4, -0.2) is 38.4 Å². The summed E-state index contributed by atoms with van der Waals surface area (Å²) in [7, 11) is 1.50. The number of benzene rings is 2. The normalized spacial score (nSPS) is 17.3. The Morgan fingerprint density at radius 2 is 1.63 bits per heavy atom. The van der Waals surface area contributed by atoms with Crippen molar-refractivity contribution in [3.8, 4) is 0 Å². The number of fused-ring (bicyclic) bond motifs is 2. The van der Waals surface area contributed by atoms with E-state index in [0.717, 1.165) is 15.9 Å². The lowest BCUT2D eigenvalue weighted by Gasteiger charge is -2.33. The molecule has 43 heavy (non-hydrogen) atoms. The number of hydrogen-bond donors (Lipinski definition) is 0. The van der Waals surface area contributed by atoms with Crippen molar-refractivity contribution in [1.29, 1.82) is 0 Å². The molecular formula is C28H30F6N6O3. The topological polar surface area (TPSA) is 85.6 Å². The SMILES string of the molecule is Cn1nnc(N(Cc2cc(C(F)(F)F)cc(C(F)(F)F)c2)[C@H]2CCCN(C(=O)OC(C)(C)C)c3cc4c(cc32)COC4)n1. The summed E-state index contributed by atoms with van der Waals surface area (Å²) in [5.74, 6) is 0.00638. The van der Waals surface area contributed by atoms with Crippen molar-refractivity contribution in [3.05, 3.63) is 63.7 Å². The van der Waals surface area contributed by atoms with Gasteiger partial charge in [0.2, 0.25) is 0 Å². The van der Waals surface area contributed by atoms with Crippen molar-refractivity contribution in [1.82, 2.24) is 20.2 Å². The van der Waals surface area contributed by atoms with Gasteiger partial charge in [0, 0.05) is 13.1 Å². The molecule has 0 radical (unpaired) electrons. The van der Waals surface area contributed by atoms with E-state index in [1.807, 2.05) is 12.1 Å². The third-order valence-corrected chi connectivity index (χ3v) is 7.12. The number of hydrogen-bond acceptors (Lipinski definition) is 7. The van der Waals surface area contributed by atoms with Gasteiger partial charge in [0.25, 0.3) is 5.95 Å². The zero-order chi connectivity index (χ0) is 31.3. The molecule has 2 aliphatic heterocycles. The first-order valence-electron chi connectivity index (χ1n) is 13.5. The van der Waals surface area contributed by atoms with E-state index in [2.05, 4.69) is 15.4 Å². The Hall–Kier alpha value is -3.88. The summed E-state index contributed by atoms with van der Waals surface area (Å²) in [5, 5.41) is 12.2. The molecule has 9 nitrogen and oxygen atoms in total. The number of aryl methyl sites for hydroxylation is 1. The first kappa shape index (κ1) is 30.6. The standard InChI is InChI=1S/C28H30F6N6O3/c1-26(2,3)43-25(41)39-7-5-6-22(21-10-17-14-42-15-18(17)11-23(21)39)40(24-35-37-38(4)36-24)13-16-8-19(27(29,30)31)12-20(9-16)28(32,33)34/h8-12,22H,5-7,13-15H2,1-4H3/t22-/m0/s1. The number of aromatic nitrogens is 4. The highest BCUT2D eigenvalue weighted by atomic mass is 19.4. The number of tetrazole rings is 1. The average molecular weight is 613 g/mol. The Balaban J connectivity index is 1.64. The Bertz CT molecular complexity index is 1480. The van der Waals surface area contributed by atoms with Gasteiger partial charge >= 0.3 is 18.4 Å². The number of ether oxygens (including phenoxy) is 2. The van der Waals surface area contributed by atoms with Crippen LogP contribution in [0.1, 0.15) is 73.0 Å². The average Bonchev–Trinajstić information content (AvgIpc) is 3.48. The summed E-state index contributed by atoms with van der Waals surface area (Å²) in [6.45, 7) is 5.74. The molecule has 2 aromatic carbocycles. The molecule has 0 unspecified atom stereocenters. The predicted octanol–water partition coefficient (Wildman–Crippen LogP) is 6.56. The van der Waals surface area contributed by atoms with Gasteiger partial charge in [-0.2, -0.15) is 31.1 Å². The van der Waals surface area contributed by atoms with Crippen molar-refractivity contribution < 1.29 is 40.6 Å². The van der Waals surface area contributed by atoms with Crippen molar-refractivity contribution in [2.24, 2.45) is 7.05 Å². The number of amides is 1. The molecule has 1 atom stereocenters. The van der Waals surface area contributed by atoms with Crippen molar-refractivity contribution in [2.75, 3.05) is 16.3 Å². The van der Waals surface area contributed by atoms with Crippen LogP contribution < -0.4 is 9.80 Å². The highest BCUT2D eigenvalue weighted by Crippen LogP contribution is 2.43. The van der Waals surface area contributed by atoms with Crippen LogP contribution in [0.2, 0.25) is 0 Å². The maximum Gasteiger partial charge on any atom is 0.416 e. The number of anilines is 2. The van der Waals surface area contributed by atoms with E-state index in [-0.39, 0.29) is 24.1 Å². The number of carbonyl (C=O) groups is 1. The zero-order valence-corrected chi connectivity index (χ0v) is 23.9. The summed E-state index contributed by atoms with van der Waals surface area (Å²) in [5.41, 5.74) is -1.01. The lowest BCUT2D eigenvalue weighted by Crippen LogP contribution is -2.37. The molecule has 5 rings (SSSR count). The van der Waals surface area contributed by atoms with Gasteiger partial charge in [-0.15, -0.1) is 5.10 Å². The lowest BCUT2D eigenvalue weighted by atomic mass is 9.95. The largest absolute Gasteiger partial charge is 0.443 e. The monoisotopic (exact) mass is 612 g/mol. The smallest absolute Gasteiger partial charge is 0.416 e. The quantitative estimate of drug-likeness (QED) is 0.309. The first-order chi connectivity index (χ1) is 20.0. The fourth-order valence-corrected chi connectivity index (χ4v) is 5.30. The van der Waals surface area contributed by atoms with E-state index in [1.54, 1.807) is 20.8 Å². The summed E-state index contributed by atoms with van der Waals surface area (Å²) in [6.07, 6.45) is -9.78. The van der Waals surface area contributed by atoms with Gasteiger partial charge in [0.05, 0.1) is 43.1 Å². The minimum Gasteiger partial charge on any atom is -0.443 e. The number of nitrogens with zero attached hydrogens (tertiary/aromatic N) is 6. The van der Waals surface area contributed by atoms with Gasteiger partial charge in [-0.1, -0.05) is 5.10 Å². The van der Waals surface area contributed by atoms with Gasteiger partial charge in [-0.25, -0.2) is 4.79 Å². The van der Waals surface area contributed by atoms with E-state index < -0.39 is 47.8 Å². The van der Waals surface area contributed by atoms with E-state index in [9.17, 15) is 31.1 Å². The number of rotatable bonds is 4. The number of halogens is 6. The third kappa shape index (κ3) is 6.71. The summed E-state index contributed by atoms with van der Waals surface area (Å²) < 4.78 is 93.4. The number of carbonyl (C=O) groups excluding carboxylic acids is 1. The molecule has 3 heterocycles. The van der Waals surface area contributed by atoms with E-state index in [1.165, 1.54) is 16.8 Å². The highest BCUT2D eigenvalue weighted by Gasteiger charge is 2.39. The van der Waals surface area contributed by atoms with Crippen LogP contribution in [0, 0.1) is 0 Å². The Morgan fingerprint density at radius 3 is 2.19 bits per heavy atom. The van der Waals surface area contributed by atoms with Crippen molar-refractivity contribution >= 4 is 17.7 Å². The van der Waals surface area contributed by atoms with Crippen LogP contribution in [0.4, 0.5) is 42.8 Å². The molecule has 1 aromatic heterocycles. The predicted molar refractivity (Wildman–Crippen MR) is 142 cm³/mol. The first-order valence-corrected chi connectivity index (χ1v) is 13.5. The van der Waals surface area contributed by atoms with Gasteiger partial charge in [-0.3, -0.25) is 4.90 Å². The Morgan fingerprint density at radius 1 is 1.00 bits per heavy atom. The van der Waals surface area contributed by atoms with Crippen molar-refractivity contribution in [2.45, 2.75) is 77.4 Å². The molecule has 0 saturated carbocycles. The molecule has 0 fully saturated rings. The van der Waals surface area contributed by atoms with Crippen LogP contribution >= 0.6 is 0 Å². The second-order valence-electron chi connectivity index (χ2n) is 11.6. The fraction of sp³-hybridized carbons (Fsp3) is 0.500. The number of alkyl halides is 6. The third-order valence-electron chi connectivity index (χ3n) is 7.12. The fourth-order valence-electron chi connectivity index (χ4n) is 5.30. The van der Waals surface area contributed by atoms with Crippen LogP contribution in [0.5, 0.6) is 0 Å². The zero-order valence-electron chi connectivity index (χ0n) is 23.9. The Labute approximate surface area is 243 Å². The van der Waals surface area contributed by atoms with Gasteiger partial charge in [0.15, 0.2) is 0 Å². The molecule has 0 bridgehead atoms. The van der Waals surface area contributed by atoms with E-state index in [0.29, 0.717) is 49.4 Å². The second kappa shape index (κ2) is 11.0. The Kier molecular flexibility index (Phi) is 7.82. The molecule has 1 amide bonds. The molecule has 0 aliphatic carbocycles. The van der Waals surface area contributed by atoms with Gasteiger partial charge in [-0.05, 0) is 91.4 Å². The second-order valence-corrected chi connectivity index (χ2v) is 11.6. The molecule has 0 spiro atoms. The van der Waals surface area contributed by atoms with Crippen LogP contribution in [-0.2, 0) is 48.6 Å². The minimum atomic E-state index is -5.00. The van der Waals surface area contributed by atoms with Gasteiger partial charge < -0.3 is 14.4 Å². The molecule has 3 aromatic rings. The molecule has 2 aliphatic rings. The molecule has 15 heteroatoms. The van der Waals surface area contributed by atoms with Gasteiger partial charge in [0.1, 0.15) is 5.60 Å². The van der Waals surface area contributed by atoms with E-state index >= 15 is 0 Å². The molecule has 0 N–H and O–H groups in total. The molecular weight excluding hydrogens is 582 g/mol. The van der Waals surface area contributed by atoms with Crippen LogP contribution in [0.25, 0.3) is 0 Å². The molecule has 0 saturated heterocycles. The summed E-state index contributed by atoms with van der Waals surface area (Å²) in [4.78, 5) is 17.5. The van der Waals surface area contributed by atoms with Crippen molar-refractivity contribution in [3.63, 3.8) is 0 Å². The molecule has 232 valence electrons. The minimum absolute atomic E-state index is 0.00638. The highest BCUT2D eigenvalue weighted by molar-refractivity contribution is 5.90. The van der Waals surface area contributed by atoms with E-state index in [4.69, 9.17) is 9.47 Å². The lowest BCUT2D eigenvalue weighted by molar-refractivity contribution is -0.143. The maximum absolute atomic E-state index is 13.7. The summed E-state index contributed by atoms with van der Waals surface area (Å²) in [6, 6.07) is 4.52. The van der Waals surface area contributed by atoms with Crippen LogP contribution in [0.3, 0.4) is 0 Å².